The molecule has 6 nitrogen and oxygen atoms in total. The first-order chi connectivity index (χ1) is 15.0. The van der Waals surface area contributed by atoms with Crippen LogP contribution >= 0.6 is 0 Å². The number of hydrogen-bond donors (Lipinski definition) is 2. The highest BCUT2D eigenvalue weighted by Gasteiger charge is 2.40. The van der Waals surface area contributed by atoms with Gasteiger partial charge in [0.25, 0.3) is 5.91 Å². The number of aromatic nitrogens is 1. The number of fused-ring (bicyclic) bond motifs is 2. The number of aryl methyl sites for hydroxylation is 2. The molecular formula is C25H23N3O3. The van der Waals surface area contributed by atoms with Crippen LogP contribution in [0, 0.1) is 13.8 Å². The number of nitrogens with one attached hydrogen (secondary N) is 2. The highest BCUT2D eigenvalue weighted by molar-refractivity contribution is 6.02. The monoisotopic (exact) mass is 413 g/mol. The number of carbonyl (C=O) groups excluding carboxylic acids is 2. The summed E-state index contributed by atoms with van der Waals surface area (Å²) in [6, 6.07) is 19.0. The molecule has 1 atom stereocenters. The Balaban J connectivity index is 1.49. The summed E-state index contributed by atoms with van der Waals surface area (Å²) >= 11 is 0. The third kappa shape index (κ3) is 3.30. The van der Waals surface area contributed by atoms with E-state index in [0.29, 0.717) is 17.9 Å². The molecule has 2 N–H and O–H groups in total. The third-order valence-corrected chi connectivity index (χ3v) is 5.84. The summed E-state index contributed by atoms with van der Waals surface area (Å²) in [6.45, 7) is 4.13. The largest absolute Gasteiger partial charge is 0.465 e. The fourth-order valence-electron chi connectivity index (χ4n) is 4.47. The summed E-state index contributed by atoms with van der Waals surface area (Å²) in [5, 5.41) is 3.93. The van der Waals surface area contributed by atoms with Crippen molar-refractivity contribution in [2.45, 2.75) is 26.4 Å². The lowest BCUT2D eigenvalue weighted by atomic mass is 9.95. The van der Waals surface area contributed by atoms with E-state index in [1.165, 1.54) is 0 Å². The van der Waals surface area contributed by atoms with E-state index in [9.17, 15) is 9.59 Å². The van der Waals surface area contributed by atoms with E-state index in [0.717, 1.165) is 33.5 Å². The van der Waals surface area contributed by atoms with E-state index < -0.39 is 0 Å². The fourth-order valence-corrected chi connectivity index (χ4v) is 4.47. The zero-order valence-electron chi connectivity index (χ0n) is 17.4. The average Bonchev–Trinajstić information content (AvgIpc) is 3.41. The molecule has 0 fully saturated rings. The van der Waals surface area contributed by atoms with Gasteiger partial charge in [0.05, 0.1) is 12.6 Å². The molecule has 0 unspecified atom stereocenters. The van der Waals surface area contributed by atoms with Gasteiger partial charge in [0, 0.05) is 27.7 Å². The molecule has 0 saturated heterocycles. The SMILES string of the molecule is Cc1ccc(CNC(=O)CN2C(=O)c3ccccc3[C@@H]2c2c(C)[nH]c3ccccc23)o1. The smallest absolute Gasteiger partial charge is 0.255 e. The molecule has 0 saturated carbocycles. The molecule has 2 amide bonds. The topological polar surface area (TPSA) is 78.3 Å². The number of hydrogen-bond acceptors (Lipinski definition) is 3. The lowest BCUT2D eigenvalue weighted by molar-refractivity contribution is -0.122. The summed E-state index contributed by atoms with van der Waals surface area (Å²) in [5.74, 6) is 1.13. The van der Waals surface area contributed by atoms with Crippen molar-refractivity contribution in [1.82, 2.24) is 15.2 Å². The zero-order valence-corrected chi connectivity index (χ0v) is 17.4. The predicted molar refractivity (Wildman–Crippen MR) is 118 cm³/mol. The number of carbonyl (C=O) groups is 2. The second-order valence-electron chi connectivity index (χ2n) is 7.92. The Labute approximate surface area is 179 Å². The minimum absolute atomic E-state index is 0.0309. The summed E-state index contributed by atoms with van der Waals surface area (Å²) in [7, 11) is 0. The molecular weight excluding hydrogens is 390 g/mol. The molecule has 6 heteroatoms. The molecule has 0 radical (unpaired) electrons. The lowest BCUT2D eigenvalue weighted by Crippen LogP contribution is -2.39. The van der Waals surface area contributed by atoms with Crippen LogP contribution in [0.3, 0.4) is 0 Å². The molecule has 3 heterocycles. The zero-order chi connectivity index (χ0) is 21.5. The van der Waals surface area contributed by atoms with E-state index in [-0.39, 0.29) is 24.4 Å². The first-order valence-corrected chi connectivity index (χ1v) is 10.3. The molecule has 2 aromatic heterocycles. The van der Waals surface area contributed by atoms with Gasteiger partial charge in [-0.1, -0.05) is 36.4 Å². The van der Waals surface area contributed by atoms with Gasteiger partial charge < -0.3 is 19.6 Å². The van der Waals surface area contributed by atoms with Gasteiger partial charge in [0.2, 0.25) is 5.91 Å². The van der Waals surface area contributed by atoms with Crippen LogP contribution in [0.5, 0.6) is 0 Å². The Kier molecular flexibility index (Phi) is 4.62. The number of rotatable bonds is 5. The number of benzene rings is 2. The van der Waals surface area contributed by atoms with Gasteiger partial charge in [-0.05, 0) is 43.7 Å². The highest BCUT2D eigenvalue weighted by Crippen LogP contribution is 2.42. The van der Waals surface area contributed by atoms with Crippen LogP contribution in [0.25, 0.3) is 10.9 Å². The average molecular weight is 413 g/mol. The van der Waals surface area contributed by atoms with Crippen molar-refractivity contribution in [2.75, 3.05) is 6.54 Å². The van der Waals surface area contributed by atoms with Gasteiger partial charge in [-0.15, -0.1) is 0 Å². The van der Waals surface area contributed by atoms with Crippen molar-refractivity contribution in [2.24, 2.45) is 0 Å². The van der Waals surface area contributed by atoms with Gasteiger partial charge in [-0.2, -0.15) is 0 Å². The van der Waals surface area contributed by atoms with Crippen LogP contribution in [-0.4, -0.2) is 28.2 Å². The fraction of sp³-hybridized carbons (Fsp3) is 0.200. The van der Waals surface area contributed by atoms with Crippen LogP contribution in [-0.2, 0) is 11.3 Å². The van der Waals surface area contributed by atoms with E-state index >= 15 is 0 Å². The summed E-state index contributed by atoms with van der Waals surface area (Å²) in [6.07, 6.45) is 0. The standard InChI is InChI=1S/C25H23N3O3/c1-15-11-12-17(31-15)13-26-22(29)14-28-24(18-7-3-4-8-19(18)25(28)30)23-16(2)27-21-10-6-5-9-20(21)23/h3-12,24,27H,13-14H2,1-2H3,(H,26,29)/t24-/m1/s1. The number of amides is 2. The summed E-state index contributed by atoms with van der Waals surface area (Å²) < 4.78 is 5.52. The Morgan fingerprint density at radius 1 is 1.06 bits per heavy atom. The van der Waals surface area contributed by atoms with E-state index in [2.05, 4.69) is 16.4 Å². The van der Waals surface area contributed by atoms with Crippen molar-refractivity contribution < 1.29 is 14.0 Å². The van der Waals surface area contributed by atoms with Crippen molar-refractivity contribution in [3.8, 4) is 0 Å². The van der Waals surface area contributed by atoms with Crippen molar-refractivity contribution >= 4 is 22.7 Å². The minimum Gasteiger partial charge on any atom is -0.465 e. The van der Waals surface area contributed by atoms with E-state index in [1.54, 1.807) is 4.90 Å². The molecule has 31 heavy (non-hydrogen) atoms. The van der Waals surface area contributed by atoms with Gasteiger partial charge in [0.15, 0.2) is 0 Å². The van der Waals surface area contributed by atoms with Crippen LogP contribution < -0.4 is 5.32 Å². The Morgan fingerprint density at radius 2 is 1.84 bits per heavy atom. The van der Waals surface area contributed by atoms with Crippen LogP contribution in [0.2, 0.25) is 0 Å². The molecule has 2 aromatic carbocycles. The van der Waals surface area contributed by atoms with Crippen molar-refractivity contribution in [1.29, 1.82) is 0 Å². The van der Waals surface area contributed by atoms with Crippen molar-refractivity contribution in [3.63, 3.8) is 0 Å². The normalized spacial score (nSPS) is 15.5. The predicted octanol–water partition coefficient (Wildman–Crippen LogP) is 4.24. The maximum absolute atomic E-state index is 13.3. The maximum Gasteiger partial charge on any atom is 0.255 e. The number of H-pyrrole nitrogens is 1. The van der Waals surface area contributed by atoms with Gasteiger partial charge in [0.1, 0.15) is 18.1 Å². The Morgan fingerprint density at radius 3 is 2.65 bits per heavy atom. The molecule has 0 bridgehead atoms. The molecule has 0 spiro atoms. The third-order valence-electron chi connectivity index (χ3n) is 5.84. The van der Waals surface area contributed by atoms with Gasteiger partial charge in [-0.25, -0.2) is 0 Å². The number of aromatic amines is 1. The first-order valence-electron chi connectivity index (χ1n) is 10.3. The molecule has 1 aliphatic rings. The van der Waals surface area contributed by atoms with E-state index in [4.69, 9.17) is 4.42 Å². The number of para-hydroxylation sites is 1. The molecule has 5 rings (SSSR count). The minimum atomic E-state index is -0.323. The molecule has 0 aliphatic carbocycles. The molecule has 4 aromatic rings. The maximum atomic E-state index is 13.3. The Bertz CT molecular complexity index is 1300. The summed E-state index contributed by atoms with van der Waals surface area (Å²) in [5.41, 5.74) is 4.61. The first kappa shape index (κ1) is 19.2. The summed E-state index contributed by atoms with van der Waals surface area (Å²) in [4.78, 5) is 31.1. The van der Waals surface area contributed by atoms with Gasteiger partial charge in [-0.3, -0.25) is 9.59 Å². The van der Waals surface area contributed by atoms with Crippen LogP contribution in [0.1, 0.15) is 44.7 Å². The van der Waals surface area contributed by atoms with Crippen molar-refractivity contribution in [3.05, 3.63) is 94.6 Å². The second kappa shape index (κ2) is 7.47. The second-order valence-corrected chi connectivity index (χ2v) is 7.92. The molecule has 156 valence electrons. The number of nitrogens with zero attached hydrogens (tertiary/aromatic N) is 1. The van der Waals surface area contributed by atoms with E-state index in [1.807, 2.05) is 68.4 Å². The number of furan rings is 1. The van der Waals surface area contributed by atoms with Crippen LogP contribution in [0.15, 0.2) is 65.1 Å². The molecule has 1 aliphatic heterocycles. The highest BCUT2D eigenvalue weighted by atomic mass is 16.3. The van der Waals surface area contributed by atoms with Crippen LogP contribution in [0.4, 0.5) is 0 Å². The Hall–Kier alpha value is -3.80. The van der Waals surface area contributed by atoms with Gasteiger partial charge >= 0.3 is 0 Å². The lowest BCUT2D eigenvalue weighted by Gasteiger charge is -2.25. The quantitative estimate of drug-likeness (QED) is 0.514.